The molecule has 142 valence electrons. The van der Waals surface area contributed by atoms with E-state index < -0.39 is 0 Å². The summed E-state index contributed by atoms with van der Waals surface area (Å²) in [6.45, 7) is 0.175. The minimum Gasteiger partial charge on any atom is -0.496 e. The van der Waals surface area contributed by atoms with E-state index in [0.29, 0.717) is 39.4 Å². The number of rotatable bonds is 6. The Hall–Kier alpha value is -3.32. The summed E-state index contributed by atoms with van der Waals surface area (Å²) in [6, 6.07) is 14.3. The fraction of sp³-hybridized carbons (Fsp3) is 0.100. The van der Waals surface area contributed by atoms with E-state index in [-0.39, 0.29) is 18.3 Å². The Morgan fingerprint density at radius 1 is 1.07 bits per heavy atom. The zero-order valence-corrected chi connectivity index (χ0v) is 15.4. The highest BCUT2D eigenvalue weighted by molar-refractivity contribution is 6.30. The number of ether oxygens (including phenoxy) is 2. The first kappa shape index (κ1) is 18.1. The molecule has 0 aliphatic heterocycles. The molecular formula is C20H14ClFN2O4. The van der Waals surface area contributed by atoms with Crippen molar-refractivity contribution in [3.63, 3.8) is 0 Å². The first-order valence-electron chi connectivity index (χ1n) is 8.27. The van der Waals surface area contributed by atoms with Crippen LogP contribution in [0.1, 0.15) is 5.76 Å². The highest BCUT2D eigenvalue weighted by Crippen LogP contribution is 2.32. The van der Waals surface area contributed by atoms with Crippen molar-refractivity contribution in [2.24, 2.45) is 0 Å². The molecule has 2 aromatic heterocycles. The van der Waals surface area contributed by atoms with Crippen LogP contribution in [0, 0.1) is 5.82 Å². The van der Waals surface area contributed by atoms with E-state index in [0.717, 1.165) is 0 Å². The lowest BCUT2D eigenvalue weighted by Gasteiger charge is -2.04. The van der Waals surface area contributed by atoms with Crippen molar-refractivity contribution in [3.05, 3.63) is 71.2 Å². The first-order valence-corrected chi connectivity index (χ1v) is 8.65. The smallest absolute Gasteiger partial charge is 0.293 e. The molecule has 0 bridgehead atoms. The summed E-state index contributed by atoms with van der Waals surface area (Å²) >= 11 is 6.05. The van der Waals surface area contributed by atoms with Crippen molar-refractivity contribution in [3.8, 4) is 34.5 Å². The normalized spacial score (nSPS) is 10.8. The van der Waals surface area contributed by atoms with Crippen LogP contribution in [0.15, 0.2) is 63.5 Å². The van der Waals surface area contributed by atoms with Crippen LogP contribution in [0.25, 0.3) is 23.0 Å². The molecule has 0 radical (unpaired) electrons. The maximum atomic E-state index is 12.9. The second-order valence-electron chi connectivity index (χ2n) is 5.78. The largest absolute Gasteiger partial charge is 0.496 e. The summed E-state index contributed by atoms with van der Waals surface area (Å²) in [6.07, 6.45) is 0. The Balaban J connectivity index is 1.50. The lowest BCUT2D eigenvalue weighted by atomic mass is 10.2. The van der Waals surface area contributed by atoms with Crippen molar-refractivity contribution < 1.29 is 22.8 Å². The van der Waals surface area contributed by atoms with Crippen LogP contribution in [0.2, 0.25) is 5.02 Å². The van der Waals surface area contributed by atoms with Crippen LogP contribution in [-0.4, -0.2) is 17.3 Å². The topological polar surface area (TPSA) is 70.5 Å². The van der Waals surface area contributed by atoms with Crippen LogP contribution in [0.3, 0.4) is 0 Å². The summed E-state index contributed by atoms with van der Waals surface area (Å²) < 4.78 is 34.8. The molecule has 0 amide bonds. The van der Waals surface area contributed by atoms with Gasteiger partial charge in [0.1, 0.15) is 29.7 Å². The second kappa shape index (κ2) is 7.74. The van der Waals surface area contributed by atoms with Gasteiger partial charge in [0.05, 0.1) is 12.7 Å². The van der Waals surface area contributed by atoms with Gasteiger partial charge in [-0.25, -0.2) is 4.39 Å². The molecule has 0 saturated carbocycles. The monoisotopic (exact) mass is 400 g/mol. The summed E-state index contributed by atoms with van der Waals surface area (Å²) in [4.78, 5) is 4.35. The first-order chi connectivity index (χ1) is 13.6. The fourth-order valence-corrected chi connectivity index (χ4v) is 2.72. The minimum absolute atomic E-state index is 0.175. The molecule has 2 heterocycles. The molecule has 6 nitrogen and oxygen atoms in total. The number of furan rings is 1. The van der Waals surface area contributed by atoms with Gasteiger partial charge in [-0.15, -0.1) is 0 Å². The van der Waals surface area contributed by atoms with E-state index >= 15 is 0 Å². The molecule has 2 aromatic carbocycles. The fourth-order valence-electron chi connectivity index (χ4n) is 2.54. The highest BCUT2D eigenvalue weighted by Gasteiger charge is 2.17. The maximum Gasteiger partial charge on any atom is 0.293 e. The van der Waals surface area contributed by atoms with Crippen molar-refractivity contribution in [2.75, 3.05) is 7.11 Å². The standard InChI is InChI=1S/C20H14ClFN2O4/c1-25-17-8-2-12(21)10-16(17)19-23-20(28-24-19)18-9-7-15(27-18)11-26-14-5-3-13(22)4-6-14/h2-10H,11H2,1H3. The molecule has 8 heteroatoms. The number of halogens is 2. The van der Waals surface area contributed by atoms with Gasteiger partial charge in [-0.2, -0.15) is 4.98 Å². The predicted octanol–water partition coefficient (Wildman–Crippen LogP) is 5.38. The molecule has 0 spiro atoms. The van der Waals surface area contributed by atoms with Crippen molar-refractivity contribution in [2.45, 2.75) is 6.61 Å². The van der Waals surface area contributed by atoms with Gasteiger partial charge in [-0.3, -0.25) is 0 Å². The Kier molecular flexibility index (Phi) is 4.99. The maximum absolute atomic E-state index is 12.9. The zero-order valence-electron chi connectivity index (χ0n) is 14.7. The summed E-state index contributed by atoms with van der Waals surface area (Å²) in [5, 5.41) is 4.50. The molecular weight excluding hydrogens is 387 g/mol. The molecule has 0 unspecified atom stereocenters. The average Bonchev–Trinajstić information content (AvgIpc) is 3.37. The van der Waals surface area contributed by atoms with E-state index in [1.807, 2.05) is 0 Å². The molecule has 4 rings (SSSR count). The van der Waals surface area contributed by atoms with E-state index in [1.54, 1.807) is 49.6 Å². The van der Waals surface area contributed by atoms with Crippen LogP contribution in [0.4, 0.5) is 4.39 Å². The Morgan fingerprint density at radius 3 is 2.68 bits per heavy atom. The molecule has 0 aliphatic rings. The zero-order chi connectivity index (χ0) is 19.5. The van der Waals surface area contributed by atoms with Crippen LogP contribution in [-0.2, 0) is 6.61 Å². The van der Waals surface area contributed by atoms with Gasteiger partial charge in [-0.1, -0.05) is 16.8 Å². The van der Waals surface area contributed by atoms with Gasteiger partial charge in [0, 0.05) is 5.02 Å². The quantitative estimate of drug-likeness (QED) is 0.433. The Bertz CT molecular complexity index is 1090. The number of nitrogens with zero attached hydrogens (tertiary/aromatic N) is 2. The van der Waals surface area contributed by atoms with E-state index in [1.165, 1.54) is 12.1 Å². The number of aromatic nitrogens is 2. The van der Waals surface area contributed by atoms with Crippen LogP contribution in [0.5, 0.6) is 11.5 Å². The molecule has 4 aromatic rings. The summed E-state index contributed by atoms with van der Waals surface area (Å²) in [5.41, 5.74) is 0.608. The van der Waals surface area contributed by atoms with Gasteiger partial charge in [0.15, 0.2) is 5.76 Å². The van der Waals surface area contributed by atoms with E-state index in [4.69, 9.17) is 30.0 Å². The van der Waals surface area contributed by atoms with Crippen molar-refractivity contribution >= 4 is 11.6 Å². The lowest BCUT2D eigenvalue weighted by Crippen LogP contribution is -1.93. The average molecular weight is 401 g/mol. The molecule has 0 aliphatic carbocycles. The SMILES string of the molecule is COc1ccc(Cl)cc1-c1noc(-c2ccc(COc3ccc(F)cc3)o2)n1. The second-order valence-corrected chi connectivity index (χ2v) is 6.21. The van der Waals surface area contributed by atoms with Gasteiger partial charge >= 0.3 is 0 Å². The molecule has 0 atom stereocenters. The minimum atomic E-state index is -0.323. The third kappa shape index (κ3) is 3.84. The predicted molar refractivity (Wildman–Crippen MR) is 99.7 cm³/mol. The van der Waals surface area contributed by atoms with Crippen LogP contribution >= 0.6 is 11.6 Å². The molecule has 0 fully saturated rings. The van der Waals surface area contributed by atoms with Gasteiger partial charge in [0.2, 0.25) is 5.82 Å². The van der Waals surface area contributed by atoms with Crippen LogP contribution < -0.4 is 9.47 Å². The third-order valence-electron chi connectivity index (χ3n) is 3.90. The number of hydrogen-bond acceptors (Lipinski definition) is 6. The van der Waals surface area contributed by atoms with Gasteiger partial charge in [0.25, 0.3) is 5.89 Å². The van der Waals surface area contributed by atoms with Gasteiger partial charge < -0.3 is 18.4 Å². The van der Waals surface area contributed by atoms with E-state index in [9.17, 15) is 4.39 Å². The summed E-state index contributed by atoms with van der Waals surface area (Å²) in [5.74, 6) is 2.28. The summed E-state index contributed by atoms with van der Waals surface area (Å²) in [7, 11) is 1.55. The number of benzene rings is 2. The highest BCUT2D eigenvalue weighted by atomic mass is 35.5. The molecule has 0 saturated heterocycles. The number of methoxy groups -OCH3 is 1. The number of hydrogen-bond donors (Lipinski definition) is 0. The Labute approximate surface area is 164 Å². The van der Waals surface area contributed by atoms with Gasteiger partial charge in [-0.05, 0) is 54.6 Å². The molecule has 0 N–H and O–H groups in total. The van der Waals surface area contributed by atoms with Crippen molar-refractivity contribution in [1.29, 1.82) is 0 Å². The Morgan fingerprint density at radius 2 is 1.89 bits per heavy atom. The van der Waals surface area contributed by atoms with Crippen molar-refractivity contribution in [1.82, 2.24) is 10.1 Å². The van der Waals surface area contributed by atoms with E-state index in [2.05, 4.69) is 10.1 Å². The third-order valence-corrected chi connectivity index (χ3v) is 4.13. The lowest BCUT2D eigenvalue weighted by molar-refractivity contribution is 0.270. The molecule has 28 heavy (non-hydrogen) atoms.